The van der Waals surface area contributed by atoms with E-state index in [1.165, 1.54) is 0 Å². The summed E-state index contributed by atoms with van der Waals surface area (Å²) in [6.07, 6.45) is -6.84. The van der Waals surface area contributed by atoms with Crippen molar-refractivity contribution in [3.63, 3.8) is 0 Å². The third-order valence-electron chi connectivity index (χ3n) is 1.70. The van der Waals surface area contributed by atoms with E-state index in [4.69, 9.17) is 60.3 Å². The summed E-state index contributed by atoms with van der Waals surface area (Å²) in [7, 11) is 0. The third kappa shape index (κ3) is 9.36. The van der Waals surface area contributed by atoms with Gasteiger partial charge >= 0.3 is 0 Å². The molecule has 0 bridgehead atoms. The lowest BCUT2D eigenvalue weighted by molar-refractivity contribution is -0.136. The van der Waals surface area contributed by atoms with Crippen molar-refractivity contribution in [1.29, 1.82) is 0 Å². The molecule has 1 amide bonds. The SMILES string of the molecule is NC(=O)C(Cl)(Cl)Cl.O=CC(O)C(O)C(O)C(O)CO. The average molecular weight is 343 g/mol. The van der Waals surface area contributed by atoms with Crippen molar-refractivity contribution in [3.8, 4) is 0 Å². The van der Waals surface area contributed by atoms with Crippen LogP contribution in [0.25, 0.3) is 0 Å². The summed E-state index contributed by atoms with van der Waals surface area (Å²) in [5, 5.41) is 43.5. The van der Waals surface area contributed by atoms with E-state index in [0.29, 0.717) is 0 Å². The quantitative estimate of drug-likeness (QED) is 0.237. The fraction of sp³-hybridized carbons (Fsp3) is 0.750. The number of aliphatic hydroxyl groups excluding tert-OH is 5. The highest BCUT2D eigenvalue weighted by molar-refractivity contribution is 6.76. The number of halogens is 3. The van der Waals surface area contributed by atoms with E-state index in [9.17, 15) is 9.59 Å². The van der Waals surface area contributed by atoms with Gasteiger partial charge in [-0.3, -0.25) is 4.79 Å². The predicted molar refractivity (Wildman–Crippen MR) is 66.7 cm³/mol. The van der Waals surface area contributed by atoms with E-state index in [1.54, 1.807) is 0 Å². The van der Waals surface area contributed by atoms with E-state index >= 15 is 0 Å². The van der Waals surface area contributed by atoms with Crippen LogP contribution < -0.4 is 5.73 Å². The van der Waals surface area contributed by atoms with Crippen LogP contribution in [0.5, 0.6) is 0 Å². The maximum absolute atomic E-state index is 9.90. The summed E-state index contributed by atoms with van der Waals surface area (Å²) < 4.78 is -1.94. The van der Waals surface area contributed by atoms with Crippen molar-refractivity contribution in [2.45, 2.75) is 28.2 Å². The largest absolute Gasteiger partial charge is 0.394 e. The second-order valence-corrected chi connectivity index (χ2v) is 5.50. The number of alkyl halides is 3. The van der Waals surface area contributed by atoms with Crippen LogP contribution in [0.2, 0.25) is 0 Å². The Morgan fingerprint density at radius 1 is 1.16 bits per heavy atom. The number of hydrogen-bond donors (Lipinski definition) is 6. The van der Waals surface area contributed by atoms with Gasteiger partial charge in [0.25, 0.3) is 9.70 Å². The number of nitrogens with two attached hydrogens (primary N) is 1. The molecule has 0 aliphatic carbocycles. The lowest BCUT2D eigenvalue weighted by Gasteiger charge is -2.22. The zero-order valence-corrected chi connectivity index (χ0v) is 11.6. The normalized spacial score (nSPS) is 17.5. The minimum absolute atomic E-state index is 0.0258. The van der Waals surface area contributed by atoms with E-state index in [2.05, 4.69) is 5.73 Å². The van der Waals surface area contributed by atoms with Gasteiger partial charge in [0.2, 0.25) is 0 Å². The lowest BCUT2D eigenvalue weighted by Crippen LogP contribution is -2.46. The highest BCUT2D eigenvalue weighted by atomic mass is 35.6. The zero-order valence-electron chi connectivity index (χ0n) is 9.36. The van der Waals surface area contributed by atoms with Crippen LogP contribution in [-0.4, -0.2) is 72.5 Å². The summed E-state index contributed by atoms with van der Waals surface area (Å²) >= 11 is 14.8. The molecule has 0 aromatic rings. The molecule has 0 radical (unpaired) electrons. The Hall–Kier alpha value is -0.190. The Balaban J connectivity index is 0. The van der Waals surface area contributed by atoms with Gasteiger partial charge in [0.05, 0.1) is 6.61 Å². The second kappa shape index (κ2) is 9.67. The van der Waals surface area contributed by atoms with Gasteiger partial charge in [-0.2, -0.15) is 0 Å². The van der Waals surface area contributed by atoms with Gasteiger partial charge < -0.3 is 36.1 Å². The van der Waals surface area contributed by atoms with Gasteiger partial charge in [0.15, 0.2) is 6.29 Å². The molecule has 0 rings (SSSR count). The highest BCUT2D eigenvalue weighted by Gasteiger charge is 2.29. The molecule has 114 valence electrons. The maximum atomic E-state index is 9.90. The number of primary amides is 1. The number of hydrogen-bond acceptors (Lipinski definition) is 7. The molecular formula is C8H14Cl3NO7. The monoisotopic (exact) mass is 341 g/mol. The van der Waals surface area contributed by atoms with Crippen molar-refractivity contribution in [1.82, 2.24) is 0 Å². The van der Waals surface area contributed by atoms with Crippen molar-refractivity contribution in [2.75, 3.05) is 6.61 Å². The Morgan fingerprint density at radius 3 is 1.74 bits per heavy atom. The zero-order chi connectivity index (χ0) is 15.8. The molecule has 4 unspecified atom stereocenters. The number of aliphatic hydroxyl groups is 5. The third-order valence-corrected chi connectivity index (χ3v) is 2.26. The number of amides is 1. The van der Waals surface area contributed by atoms with Gasteiger partial charge in [-0.15, -0.1) is 0 Å². The molecule has 0 saturated carbocycles. The predicted octanol–water partition coefficient (Wildman–Crippen LogP) is -2.54. The first-order valence-electron chi connectivity index (χ1n) is 4.64. The minimum atomic E-state index is -1.94. The Bertz CT molecular complexity index is 286. The first kappa shape index (κ1) is 21.1. The molecule has 0 saturated heterocycles. The molecule has 11 heteroatoms. The Labute approximate surface area is 123 Å². The van der Waals surface area contributed by atoms with E-state index in [-0.39, 0.29) is 6.29 Å². The van der Waals surface area contributed by atoms with Crippen LogP contribution in [0.4, 0.5) is 0 Å². The van der Waals surface area contributed by atoms with E-state index in [1.807, 2.05) is 0 Å². The van der Waals surface area contributed by atoms with Crippen LogP contribution >= 0.6 is 34.8 Å². The van der Waals surface area contributed by atoms with Crippen LogP contribution in [0.3, 0.4) is 0 Å². The molecule has 0 aliphatic heterocycles. The summed E-state index contributed by atoms with van der Waals surface area (Å²) in [5.74, 6) is -0.961. The highest BCUT2D eigenvalue weighted by Crippen LogP contribution is 2.24. The molecule has 0 fully saturated rings. The first-order chi connectivity index (χ1) is 8.48. The van der Waals surface area contributed by atoms with Gasteiger partial charge in [-0.25, -0.2) is 0 Å². The molecule has 0 aromatic carbocycles. The molecule has 8 nitrogen and oxygen atoms in total. The molecule has 19 heavy (non-hydrogen) atoms. The molecular weight excluding hydrogens is 328 g/mol. The topological polar surface area (TPSA) is 161 Å². The van der Waals surface area contributed by atoms with Gasteiger partial charge in [-0.05, 0) is 0 Å². The smallest absolute Gasteiger partial charge is 0.269 e. The summed E-state index contributed by atoms with van der Waals surface area (Å²) in [4.78, 5) is 19.7. The fourth-order valence-corrected chi connectivity index (χ4v) is 0.618. The van der Waals surface area contributed by atoms with Crippen LogP contribution in [0.15, 0.2) is 0 Å². The van der Waals surface area contributed by atoms with Crippen molar-refractivity contribution in [2.24, 2.45) is 5.73 Å². The second-order valence-electron chi connectivity index (χ2n) is 3.22. The van der Waals surface area contributed by atoms with Gasteiger partial charge in [0.1, 0.15) is 24.4 Å². The molecule has 0 heterocycles. The number of carbonyl (C=O) groups is 2. The Kier molecular flexibility index (Phi) is 10.7. The molecule has 0 aromatic heterocycles. The van der Waals surface area contributed by atoms with Crippen LogP contribution in [0.1, 0.15) is 0 Å². The van der Waals surface area contributed by atoms with Crippen molar-refractivity contribution < 1.29 is 35.1 Å². The number of rotatable bonds is 5. The molecule has 0 spiro atoms. The fourth-order valence-electron chi connectivity index (χ4n) is 0.618. The van der Waals surface area contributed by atoms with Crippen LogP contribution in [-0.2, 0) is 9.59 Å². The summed E-state index contributed by atoms with van der Waals surface area (Å²) in [6.45, 7) is -0.760. The van der Waals surface area contributed by atoms with Crippen molar-refractivity contribution in [3.05, 3.63) is 0 Å². The maximum Gasteiger partial charge on any atom is 0.269 e. The van der Waals surface area contributed by atoms with E-state index in [0.717, 1.165) is 0 Å². The summed E-state index contributed by atoms with van der Waals surface area (Å²) in [5.41, 5.74) is 4.53. The first-order valence-corrected chi connectivity index (χ1v) is 5.77. The molecule has 4 atom stereocenters. The van der Waals surface area contributed by atoms with Gasteiger partial charge in [-0.1, -0.05) is 34.8 Å². The van der Waals surface area contributed by atoms with E-state index < -0.39 is 40.7 Å². The Morgan fingerprint density at radius 2 is 1.53 bits per heavy atom. The minimum Gasteiger partial charge on any atom is -0.394 e. The number of carbonyl (C=O) groups excluding carboxylic acids is 2. The average Bonchev–Trinajstić information content (AvgIpc) is 2.34. The lowest BCUT2D eigenvalue weighted by atomic mass is 10.0. The standard InChI is InChI=1S/C6H12O6.C2H2Cl3NO/c7-1-3(9)5(11)6(12)4(10)2-8;3-2(4,5)1(6)7/h1,3-6,8-12H,2H2;(H2,6,7). The number of aldehydes is 1. The summed E-state index contributed by atoms with van der Waals surface area (Å²) in [6, 6.07) is 0. The van der Waals surface area contributed by atoms with Gasteiger partial charge in [0, 0.05) is 0 Å². The van der Waals surface area contributed by atoms with Crippen molar-refractivity contribution >= 4 is 47.0 Å². The van der Waals surface area contributed by atoms with Crippen LogP contribution in [0, 0.1) is 0 Å². The molecule has 0 aliphatic rings. The molecule has 7 N–H and O–H groups in total.